The maximum absolute atomic E-state index is 14.1. The topological polar surface area (TPSA) is 679 Å². The summed E-state index contributed by atoms with van der Waals surface area (Å²) in [7, 11) is 0. The Labute approximate surface area is 822 Å². The van der Waals surface area contributed by atoms with Crippen LogP contribution in [0.2, 0.25) is 0 Å². The number of carboxylic acids is 1. The summed E-state index contributed by atoms with van der Waals surface area (Å²) >= 11 is 0. The van der Waals surface area contributed by atoms with Crippen molar-refractivity contribution >= 4 is 119 Å². The first-order valence-electron chi connectivity index (χ1n) is 47.3. The molecule has 3 saturated heterocycles. The van der Waals surface area contributed by atoms with E-state index in [1.165, 1.54) is 20.8 Å². The molecule has 15 unspecified atom stereocenters. The van der Waals surface area contributed by atoms with Gasteiger partial charge in [-0.2, -0.15) is 0 Å². The lowest BCUT2D eigenvalue weighted by atomic mass is 9.96. The summed E-state index contributed by atoms with van der Waals surface area (Å²) in [6.07, 6.45) is -9.81. The molecule has 10 amide bonds. The smallest absolute Gasteiger partial charge is 0.303 e. The summed E-state index contributed by atoms with van der Waals surface area (Å²) in [4.78, 5) is 250. The van der Waals surface area contributed by atoms with Gasteiger partial charge < -0.3 is 144 Å². The summed E-state index contributed by atoms with van der Waals surface area (Å²) in [6, 6.07) is -3.54. The number of hydrogen-bond donors (Lipinski definition) is 11. The summed E-state index contributed by atoms with van der Waals surface area (Å²) in [6.45, 7) is 12.0. The van der Waals surface area contributed by atoms with Crippen LogP contribution in [0, 0.1) is 0 Å². The van der Waals surface area contributed by atoms with E-state index in [2.05, 4.69) is 63.5 Å². The molecular formula is C90H143N13O39. The molecule has 3 fully saturated rings. The van der Waals surface area contributed by atoms with Crippen LogP contribution in [0.15, 0.2) is 6.20 Å². The molecule has 11 N–H and O–H groups in total. The van der Waals surface area contributed by atoms with E-state index in [1.54, 1.807) is 10.9 Å². The average molecular weight is 2030 g/mol. The van der Waals surface area contributed by atoms with Crippen LogP contribution < -0.4 is 53.2 Å². The Morgan fingerprint density at radius 3 is 0.894 bits per heavy atom. The largest absolute Gasteiger partial charge is 0.481 e. The van der Waals surface area contributed by atoms with Crippen molar-refractivity contribution in [3.8, 4) is 0 Å². The number of hydrogen-bond acceptors (Lipinski definition) is 40. The average Bonchev–Trinajstić information content (AvgIpc) is 0.904. The van der Waals surface area contributed by atoms with Gasteiger partial charge in [0.05, 0.1) is 45.3 Å². The van der Waals surface area contributed by atoms with E-state index in [1.807, 2.05) is 0 Å². The molecule has 52 nitrogen and oxygen atoms in total. The Morgan fingerprint density at radius 1 is 0.331 bits per heavy atom. The van der Waals surface area contributed by atoms with E-state index in [-0.39, 0.29) is 168 Å². The minimum Gasteiger partial charge on any atom is -0.481 e. The Bertz CT molecular complexity index is 3870. The van der Waals surface area contributed by atoms with Gasteiger partial charge in [-0.15, -0.1) is 5.10 Å². The number of rotatable bonds is 70. The molecule has 15 atom stereocenters. The minimum absolute atomic E-state index is 0.0243. The zero-order valence-corrected chi connectivity index (χ0v) is 82.8. The number of ether oxygens (including phenoxy) is 18. The molecule has 1 aromatic heterocycles. The maximum Gasteiger partial charge on any atom is 0.303 e. The molecule has 3 aliphatic rings. The second-order valence-electron chi connectivity index (χ2n) is 33.7. The van der Waals surface area contributed by atoms with Crippen molar-refractivity contribution in [2.24, 2.45) is 0 Å². The first kappa shape index (κ1) is 122. The van der Waals surface area contributed by atoms with Crippen molar-refractivity contribution in [1.29, 1.82) is 0 Å². The molecule has 52 heteroatoms. The van der Waals surface area contributed by atoms with Crippen LogP contribution >= 0.6 is 0 Å². The van der Waals surface area contributed by atoms with Gasteiger partial charge in [0.1, 0.15) is 61.8 Å². The highest BCUT2D eigenvalue weighted by Crippen LogP contribution is 2.32. The lowest BCUT2D eigenvalue weighted by Crippen LogP contribution is -2.66. The zero-order valence-electron chi connectivity index (χ0n) is 82.8. The molecule has 4 rings (SSSR count). The van der Waals surface area contributed by atoms with Gasteiger partial charge in [0, 0.05) is 206 Å². The van der Waals surface area contributed by atoms with Gasteiger partial charge in [0.2, 0.25) is 59.1 Å². The third kappa shape index (κ3) is 52.8. The number of unbranched alkanes of at least 4 members (excludes halogenated alkanes) is 4. The van der Waals surface area contributed by atoms with E-state index in [4.69, 9.17) is 90.4 Å². The van der Waals surface area contributed by atoms with Crippen molar-refractivity contribution in [3.63, 3.8) is 0 Å². The molecule has 0 aromatic carbocycles. The van der Waals surface area contributed by atoms with E-state index in [0.717, 1.165) is 62.3 Å². The molecule has 3 aliphatic heterocycles. The zero-order chi connectivity index (χ0) is 105. The van der Waals surface area contributed by atoms with Crippen LogP contribution in [0.1, 0.15) is 217 Å². The summed E-state index contributed by atoms with van der Waals surface area (Å²) in [5, 5.41) is 44.9. The number of esters is 9. The highest BCUT2D eigenvalue weighted by molar-refractivity contribution is 5.80. The molecule has 1 aromatic rings. The molecule has 0 aliphatic carbocycles. The van der Waals surface area contributed by atoms with Crippen LogP contribution in [0.4, 0.5) is 0 Å². The number of carboxylic acid groups (broad SMARTS) is 1. The number of nitrogens with one attached hydrogen (secondary N) is 10. The molecular weight excluding hydrogens is 1890 g/mol. The normalized spacial score (nSPS) is 21.1. The number of aromatic nitrogens is 3. The number of aliphatic carboxylic acids is 1. The van der Waals surface area contributed by atoms with E-state index < -0.39 is 218 Å². The standard InChI is InChI=1S/C90H143N13O39/c1-54(104)97-78-84(137-63(10)113)81(134-60(7)110)67(48-131-57(4)107)140-87(78)128-41-18-14-26-70(116)91-34-22-37-94-73(119)31-44-125-51-90(100-76(122)29-13-17-40-103-47-66(101-102-103)25-21-30-77(123)124,52-126-45-32-74(120)95-38-23-35-92-71(117)27-15-19-42-129-88-79(98-55(2)105)85(138-64(11)114)82(135-61(8)111)68(141-88)49-132-58(5)108)53-127-46-33-75(121)96-39-24-36-93-72(118)28-16-20-43-130-89-80(99-56(3)106)86(139-65(12)115)83(136-62(9)112)69(142-89)50-133-59(6)109/h47,67-69,78-89H,13-46,48-53H2,1-12H3,(H,91,116)(H,92,117)(H,93,118)(H,94,119)(H,95,120)(H,96,121)(H,97,104)(H,98,105)(H,99,106)(H,100,122)(H,123,124). The van der Waals surface area contributed by atoms with Gasteiger partial charge in [-0.25, -0.2) is 0 Å². The number of carbonyl (C=O) groups excluding carboxylic acids is 19. The van der Waals surface area contributed by atoms with Crippen LogP contribution in [0.25, 0.3) is 0 Å². The van der Waals surface area contributed by atoms with Crippen LogP contribution in [0.5, 0.6) is 0 Å². The molecule has 802 valence electrons. The Morgan fingerprint density at radius 2 is 0.613 bits per heavy atom. The van der Waals surface area contributed by atoms with Gasteiger partial charge in [-0.1, -0.05) is 5.21 Å². The second-order valence-corrected chi connectivity index (χ2v) is 33.7. The predicted octanol–water partition coefficient (Wildman–Crippen LogP) is -1.67. The predicted molar refractivity (Wildman–Crippen MR) is 485 cm³/mol. The third-order valence-electron chi connectivity index (χ3n) is 20.9. The van der Waals surface area contributed by atoms with Crippen LogP contribution in [0.3, 0.4) is 0 Å². The summed E-state index contributed by atoms with van der Waals surface area (Å²) in [5.41, 5.74) is -0.947. The maximum atomic E-state index is 14.1. The molecule has 142 heavy (non-hydrogen) atoms. The first-order valence-corrected chi connectivity index (χ1v) is 47.3. The van der Waals surface area contributed by atoms with Crippen molar-refractivity contribution in [2.75, 3.05) is 119 Å². The number of carbonyl (C=O) groups is 20. The Kier molecular flexibility index (Phi) is 59.0. The van der Waals surface area contributed by atoms with Crippen molar-refractivity contribution in [2.45, 2.75) is 322 Å². The quantitative estimate of drug-likeness (QED) is 0.0197. The highest BCUT2D eigenvalue weighted by Gasteiger charge is 2.55. The first-order chi connectivity index (χ1) is 67.5. The highest BCUT2D eigenvalue weighted by atomic mass is 16.7. The molecule has 0 radical (unpaired) electrons. The fraction of sp³-hybridized carbons (Fsp3) is 0.756. The number of aryl methyl sites for hydroxylation is 2. The van der Waals surface area contributed by atoms with Crippen LogP contribution in [-0.4, -0.2) is 355 Å². The summed E-state index contributed by atoms with van der Waals surface area (Å²) < 4.78 is 104. The van der Waals surface area contributed by atoms with E-state index in [0.29, 0.717) is 95.7 Å². The van der Waals surface area contributed by atoms with Gasteiger partial charge in [0.15, 0.2) is 55.5 Å². The van der Waals surface area contributed by atoms with Gasteiger partial charge in [-0.3, -0.25) is 101 Å². The second kappa shape index (κ2) is 68.4. The molecule has 4 heterocycles. The monoisotopic (exact) mass is 2030 g/mol. The number of nitrogens with zero attached hydrogens (tertiary/aromatic N) is 3. The molecule has 0 bridgehead atoms. The Balaban J connectivity index is 1.38. The van der Waals surface area contributed by atoms with E-state index in [9.17, 15) is 95.9 Å². The lowest BCUT2D eigenvalue weighted by molar-refractivity contribution is -0.277. The Hall–Kier alpha value is -11.8. The van der Waals surface area contributed by atoms with Crippen molar-refractivity contribution in [3.05, 3.63) is 11.9 Å². The molecule has 0 spiro atoms. The minimum atomic E-state index is -1.54. The lowest BCUT2D eigenvalue weighted by Gasteiger charge is -2.44. The van der Waals surface area contributed by atoms with Crippen molar-refractivity contribution in [1.82, 2.24) is 68.2 Å². The molecule has 0 saturated carbocycles. The summed E-state index contributed by atoms with van der Waals surface area (Å²) in [5.74, 6) is -12.1. The third-order valence-corrected chi connectivity index (χ3v) is 20.9. The van der Waals surface area contributed by atoms with Crippen LogP contribution in [-0.2, 0) is 194 Å². The fourth-order valence-corrected chi connectivity index (χ4v) is 14.7. The van der Waals surface area contributed by atoms with E-state index >= 15 is 0 Å². The number of amides is 10. The van der Waals surface area contributed by atoms with Gasteiger partial charge in [0.25, 0.3) is 0 Å². The fourth-order valence-electron chi connectivity index (χ4n) is 14.7. The van der Waals surface area contributed by atoms with Gasteiger partial charge in [-0.05, 0) is 83.5 Å². The van der Waals surface area contributed by atoms with Crippen molar-refractivity contribution < 1.29 is 186 Å². The SMILES string of the molecule is CC(=O)NC1C(OCCCCC(=O)NCCCNC(=O)CCOCC(COCCC(=O)NCCCNC(=O)CCCCOC2OC(COC(C)=O)C(OC(C)=O)C(OC(C)=O)C2NC(C)=O)(COCCC(=O)NCCCNC(=O)CCCCOC2OC(COC(C)=O)C(OC(C)=O)C(OC(C)=O)C2NC(C)=O)NC(=O)CCCCn2cc(CCCC(=O)O)nn2)OC(COC(C)=O)C(OC(C)=O)C1OC(C)=O. The van der Waals surface area contributed by atoms with Gasteiger partial charge >= 0.3 is 59.7 Å².